The minimum atomic E-state index is 0.599. The van der Waals surface area contributed by atoms with Crippen molar-refractivity contribution in [2.75, 3.05) is 6.54 Å². The highest BCUT2D eigenvalue weighted by atomic mass is 35.5. The molecule has 0 bridgehead atoms. The third-order valence-electron chi connectivity index (χ3n) is 1.96. The Bertz CT molecular complexity index is 329. The maximum absolute atomic E-state index is 5.84. The van der Waals surface area contributed by atoms with Gasteiger partial charge >= 0.3 is 0 Å². The fourth-order valence-corrected chi connectivity index (χ4v) is 1.35. The summed E-state index contributed by atoms with van der Waals surface area (Å²) in [6.45, 7) is 4.66. The summed E-state index contributed by atoms with van der Waals surface area (Å²) in [5, 5.41) is 0.778. The Kier molecular flexibility index (Phi) is 3.52. The van der Waals surface area contributed by atoms with Crippen LogP contribution in [0, 0.1) is 6.92 Å². The molecule has 0 heterocycles. The normalized spacial score (nSPS) is 11.8. The van der Waals surface area contributed by atoms with Crippen LogP contribution in [-0.4, -0.2) is 6.54 Å². The highest BCUT2D eigenvalue weighted by Gasteiger charge is 1.96. The van der Waals surface area contributed by atoms with Gasteiger partial charge in [-0.2, -0.15) is 0 Å². The third-order valence-corrected chi connectivity index (χ3v) is 2.19. The van der Waals surface area contributed by atoms with Gasteiger partial charge in [-0.25, -0.2) is 0 Å². The molecule has 2 heteroatoms. The zero-order chi connectivity index (χ0) is 9.84. The molecule has 13 heavy (non-hydrogen) atoms. The van der Waals surface area contributed by atoms with E-state index in [1.165, 1.54) is 16.7 Å². The van der Waals surface area contributed by atoms with Crippen molar-refractivity contribution in [1.82, 2.24) is 0 Å². The first-order valence-corrected chi connectivity index (χ1v) is 4.64. The first-order chi connectivity index (χ1) is 6.13. The Morgan fingerprint density at radius 3 is 2.77 bits per heavy atom. The number of aryl methyl sites for hydroxylation is 1. The fourth-order valence-electron chi connectivity index (χ4n) is 1.13. The van der Waals surface area contributed by atoms with Crippen molar-refractivity contribution in [3.05, 3.63) is 39.9 Å². The second-order valence-corrected chi connectivity index (χ2v) is 3.63. The Balaban J connectivity index is 3.03. The van der Waals surface area contributed by atoms with Crippen molar-refractivity contribution in [3.63, 3.8) is 0 Å². The zero-order valence-electron chi connectivity index (χ0n) is 7.97. The maximum atomic E-state index is 5.84. The minimum absolute atomic E-state index is 0.599. The molecule has 1 aromatic rings. The third kappa shape index (κ3) is 2.87. The Labute approximate surface area is 84.2 Å². The van der Waals surface area contributed by atoms with Crippen molar-refractivity contribution in [2.24, 2.45) is 5.73 Å². The van der Waals surface area contributed by atoms with Crippen LogP contribution < -0.4 is 5.73 Å². The van der Waals surface area contributed by atoms with Crippen LogP contribution in [0.2, 0.25) is 5.02 Å². The number of rotatable bonds is 2. The van der Waals surface area contributed by atoms with E-state index in [9.17, 15) is 0 Å². The highest BCUT2D eigenvalue weighted by Crippen LogP contribution is 2.17. The molecule has 0 saturated heterocycles. The van der Waals surface area contributed by atoms with Crippen molar-refractivity contribution in [2.45, 2.75) is 13.8 Å². The van der Waals surface area contributed by atoms with E-state index >= 15 is 0 Å². The van der Waals surface area contributed by atoms with Crippen LogP contribution >= 0.6 is 11.6 Å². The van der Waals surface area contributed by atoms with E-state index < -0.39 is 0 Å². The predicted molar refractivity (Wildman–Crippen MR) is 58.9 cm³/mol. The van der Waals surface area contributed by atoms with Gasteiger partial charge in [-0.1, -0.05) is 29.3 Å². The molecule has 0 aromatic heterocycles. The average Bonchev–Trinajstić information content (AvgIpc) is 2.09. The van der Waals surface area contributed by atoms with Crippen LogP contribution in [0.15, 0.2) is 23.8 Å². The smallest absolute Gasteiger partial charge is 0.0409 e. The Morgan fingerprint density at radius 1 is 1.54 bits per heavy atom. The lowest BCUT2D eigenvalue weighted by molar-refractivity contribution is 1.15. The molecule has 0 spiro atoms. The molecular formula is C11H14ClN. The van der Waals surface area contributed by atoms with Crippen LogP contribution in [0.1, 0.15) is 18.1 Å². The number of nitrogens with two attached hydrogens (primary N) is 1. The van der Waals surface area contributed by atoms with Gasteiger partial charge in [0.1, 0.15) is 0 Å². The monoisotopic (exact) mass is 195 g/mol. The molecule has 0 unspecified atom stereocenters. The van der Waals surface area contributed by atoms with Crippen molar-refractivity contribution in [1.29, 1.82) is 0 Å². The van der Waals surface area contributed by atoms with E-state index in [1.807, 2.05) is 32.0 Å². The van der Waals surface area contributed by atoms with Crippen LogP contribution in [-0.2, 0) is 0 Å². The molecule has 0 atom stereocenters. The highest BCUT2D eigenvalue weighted by molar-refractivity contribution is 6.30. The van der Waals surface area contributed by atoms with E-state index in [0.29, 0.717) is 6.54 Å². The van der Waals surface area contributed by atoms with E-state index in [0.717, 1.165) is 5.02 Å². The minimum Gasteiger partial charge on any atom is -0.327 e. The molecule has 2 N–H and O–H groups in total. The fraction of sp³-hybridized carbons (Fsp3) is 0.273. The molecular weight excluding hydrogens is 182 g/mol. The summed E-state index contributed by atoms with van der Waals surface area (Å²) < 4.78 is 0. The van der Waals surface area contributed by atoms with Crippen LogP contribution in [0.25, 0.3) is 6.08 Å². The number of benzene rings is 1. The van der Waals surface area contributed by atoms with Gasteiger partial charge in [0.15, 0.2) is 0 Å². The van der Waals surface area contributed by atoms with Gasteiger partial charge in [0.25, 0.3) is 0 Å². The summed E-state index contributed by atoms with van der Waals surface area (Å²) in [5.74, 6) is 0. The summed E-state index contributed by atoms with van der Waals surface area (Å²) >= 11 is 5.84. The summed E-state index contributed by atoms with van der Waals surface area (Å²) in [6.07, 6.45) is 2.09. The van der Waals surface area contributed by atoms with Crippen molar-refractivity contribution in [3.8, 4) is 0 Å². The van der Waals surface area contributed by atoms with Gasteiger partial charge in [0, 0.05) is 11.6 Å². The summed E-state index contributed by atoms with van der Waals surface area (Å²) in [4.78, 5) is 0. The topological polar surface area (TPSA) is 26.0 Å². The predicted octanol–water partition coefficient (Wildman–Crippen LogP) is 3.01. The van der Waals surface area contributed by atoms with Gasteiger partial charge in [-0.3, -0.25) is 0 Å². The Hall–Kier alpha value is -0.790. The average molecular weight is 196 g/mol. The standard InChI is InChI=1S/C11H14ClN/c1-8(7-13)5-10-3-4-11(12)6-9(10)2/h3-6H,7,13H2,1-2H3/b8-5-. The molecule has 0 amide bonds. The van der Waals surface area contributed by atoms with Gasteiger partial charge in [0.2, 0.25) is 0 Å². The number of hydrogen-bond acceptors (Lipinski definition) is 1. The van der Waals surface area contributed by atoms with E-state index in [2.05, 4.69) is 6.08 Å². The largest absolute Gasteiger partial charge is 0.327 e. The molecule has 0 saturated carbocycles. The molecule has 0 radical (unpaired) electrons. The van der Waals surface area contributed by atoms with Crippen molar-refractivity contribution >= 4 is 17.7 Å². The van der Waals surface area contributed by atoms with Crippen LogP contribution in [0.4, 0.5) is 0 Å². The maximum Gasteiger partial charge on any atom is 0.0409 e. The van der Waals surface area contributed by atoms with E-state index in [1.54, 1.807) is 0 Å². The quantitative estimate of drug-likeness (QED) is 0.772. The zero-order valence-corrected chi connectivity index (χ0v) is 8.73. The van der Waals surface area contributed by atoms with Gasteiger partial charge in [0.05, 0.1) is 0 Å². The summed E-state index contributed by atoms with van der Waals surface area (Å²) in [6, 6.07) is 5.86. The summed E-state index contributed by atoms with van der Waals surface area (Å²) in [5.41, 5.74) is 9.05. The molecule has 1 nitrogen and oxygen atoms in total. The Morgan fingerprint density at radius 2 is 2.23 bits per heavy atom. The van der Waals surface area contributed by atoms with Crippen LogP contribution in [0.3, 0.4) is 0 Å². The molecule has 0 aliphatic carbocycles. The van der Waals surface area contributed by atoms with E-state index in [-0.39, 0.29) is 0 Å². The second kappa shape index (κ2) is 4.45. The van der Waals surface area contributed by atoms with Gasteiger partial charge < -0.3 is 5.73 Å². The molecule has 1 rings (SSSR count). The molecule has 0 fully saturated rings. The molecule has 0 aliphatic heterocycles. The van der Waals surface area contributed by atoms with Crippen molar-refractivity contribution < 1.29 is 0 Å². The molecule has 0 aliphatic rings. The summed E-state index contributed by atoms with van der Waals surface area (Å²) in [7, 11) is 0. The lowest BCUT2D eigenvalue weighted by atomic mass is 10.1. The van der Waals surface area contributed by atoms with Crippen LogP contribution in [0.5, 0.6) is 0 Å². The lowest BCUT2D eigenvalue weighted by Crippen LogP contribution is -1.99. The van der Waals surface area contributed by atoms with Gasteiger partial charge in [-0.15, -0.1) is 0 Å². The number of halogens is 1. The second-order valence-electron chi connectivity index (χ2n) is 3.20. The molecule has 1 aromatic carbocycles. The first kappa shape index (κ1) is 10.3. The first-order valence-electron chi connectivity index (χ1n) is 4.27. The number of hydrogen-bond donors (Lipinski definition) is 1. The SMILES string of the molecule is C/C(=C/c1ccc(Cl)cc1C)CN. The van der Waals surface area contributed by atoms with Gasteiger partial charge in [-0.05, 0) is 37.1 Å². The van der Waals surface area contributed by atoms with E-state index in [4.69, 9.17) is 17.3 Å². The molecule has 70 valence electrons. The lowest BCUT2D eigenvalue weighted by Gasteiger charge is -2.02.